The third-order valence-electron chi connectivity index (χ3n) is 3.31. The zero-order chi connectivity index (χ0) is 18.0. The fourth-order valence-electron chi connectivity index (χ4n) is 2.07. The number of nitrogens with one attached hydrogen (secondary N) is 1. The molecule has 9 heteroatoms. The van der Waals surface area contributed by atoms with E-state index in [0.29, 0.717) is 16.4 Å². The Bertz CT molecular complexity index is 957. The highest BCUT2D eigenvalue weighted by Crippen LogP contribution is 2.29. The van der Waals surface area contributed by atoms with E-state index in [4.69, 9.17) is 23.8 Å². The molecule has 0 unspecified atom stereocenters. The zero-order valence-electron chi connectivity index (χ0n) is 12.5. The van der Waals surface area contributed by atoms with Gasteiger partial charge in [-0.1, -0.05) is 23.7 Å². The lowest BCUT2D eigenvalue weighted by Crippen LogP contribution is -2.04. The van der Waals surface area contributed by atoms with Crippen molar-refractivity contribution in [2.75, 3.05) is 0 Å². The van der Waals surface area contributed by atoms with E-state index < -0.39 is 11.7 Å². The second-order valence-corrected chi connectivity index (χ2v) is 5.86. The third kappa shape index (κ3) is 3.97. The Balaban J connectivity index is 1.90. The van der Waals surface area contributed by atoms with Crippen molar-refractivity contribution in [3.63, 3.8) is 0 Å². The molecule has 4 nitrogen and oxygen atoms in total. The standard InChI is InChI=1S/C16H10ClF3N4S/c17-13-7-3-11(4-8-13)14-22-23-15(25)24(14)21-9-10-1-5-12(6-2-10)16(18,19)20/h1-9H,(H,23,25)/b21-9+. The Morgan fingerprint density at radius 1 is 1.08 bits per heavy atom. The van der Waals surface area contributed by atoms with Crippen LogP contribution in [0.5, 0.6) is 0 Å². The van der Waals surface area contributed by atoms with Crippen molar-refractivity contribution >= 4 is 30.0 Å². The Morgan fingerprint density at radius 2 is 1.72 bits per heavy atom. The van der Waals surface area contributed by atoms with E-state index in [-0.39, 0.29) is 4.77 Å². The Hall–Kier alpha value is -2.45. The van der Waals surface area contributed by atoms with Gasteiger partial charge in [-0.2, -0.15) is 28.0 Å². The normalized spacial score (nSPS) is 12.0. The number of hydrogen-bond acceptors (Lipinski definition) is 3. The Labute approximate surface area is 150 Å². The number of H-pyrrole nitrogens is 1. The summed E-state index contributed by atoms with van der Waals surface area (Å²) in [5.41, 5.74) is 0.519. The van der Waals surface area contributed by atoms with Crippen LogP contribution < -0.4 is 0 Å². The number of rotatable bonds is 3. The first-order chi connectivity index (χ1) is 11.8. The smallest absolute Gasteiger partial charge is 0.250 e. The average molecular weight is 383 g/mol. The van der Waals surface area contributed by atoms with Gasteiger partial charge in [-0.05, 0) is 54.2 Å². The fourth-order valence-corrected chi connectivity index (χ4v) is 2.37. The van der Waals surface area contributed by atoms with E-state index in [0.717, 1.165) is 17.7 Å². The topological polar surface area (TPSA) is 46.0 Å². The van der Waals surface area contributed by atoms with Crippen LogP contribution >= 0.6 is 23.8 Å². The van der Waals surface area contributed by atoms with Crippen LogP contribution in [0.1, 0.15) is 11.1 Å². The molecule has 128 valence electrons. The van der Waals surface area contributed by atoms with Crippen LogP contribution in [-0.4, -0.2) is 21.1 Å². The molecule has 0 spiro atoms. The first-order valence-electron chi connectivity index (χ1n) is 6.99. The minimum absolute atomic E-state index is 0.258. The highest BCUT2D eigenvalue weighted by molar-refractivity contribution is 7.71. The monoisotopic (exact) mass is 382 g/mol. The predicted molar refractivity (Wildman–Crippen MR) is 92.3 cm³/mol. The van der Waals surface area contributed by atoms with Gasteiger partial charge < -0.3 is 0 Å². The molecule has 0 bridgehead atoms. The summed E-state index contributed by atoms with van der Waals surface area (Å²) in [6, 6.07) is 11.6. The maximum absolute atomic E-state index is 12.6. The number of alkyl halides is 3. The molecule has 0 radical (unpaired) electrons. The SMILES string of the molecule is FC(F)(F)c1ccc(/C=N/n2c(-c3ccc(Cl)cc3)n[nH]c2=S)cc1. The highest BCUT2D eigenvalue weighted by Gasteiger charge is 2.29. The van der Waals surface area contributed by atoms with E-state index in [1.165, 1.54) is 23.0 Å². The molecule has 3 rings (SSSR count). The minimum atomic E-state index is -4.37. The maximum atomic E-state index is 12.6. The number of hydrogen-bond donors (Lipinski definition) is 1. The van der Waals surface area contributed by atoms with Gasteiger partial charge in [-0.3, -0.25) is 0 Å². The molecule has 2 aromatic carbocycles. The van der Waals surface area contributed by atoms with Gasteiger partial charge in [0.2, 0.25) is 4.77 Å². The highest BCUT2D eigenvalue weighted by atomic mass is 35.5. The first kappa shape index (κ1) is 17.4. The lowest BCUT2D eigenvalue weighted by atomic mass is 10.1. The molecule has 0 amide bonds. The van der Waals surface area contributed by atoms with E-state index in [9.17, 15) is 13.2 Å². The van der Waals surface area contributed by atoms with Gasteiger partial charge in [-0.25, -0.2) is 5.10 Å². The number of nitrogens with zero attached hydrogens (tertiary/aromatic N) is 3. The van der Waals surface area contributed by atoms with Gasteiger partial charge >= 0.3 is 6.18 Å². The first-order valence-corrected chi connectivity index (χ1v) is 7.78. The summed E-state index contributed by atoms with van der Waals surface area (Å²) >= 11 is 11.0. The van der Waals surface area contributed by atoms with Crippen LogP contribution in [0.15, 0.2) is 53.6 Å². The van der Waals surface area contributed by atoms with Crippen LogP contribution in [-0.2, 0) is 6.18 Å². The van der Waals surface area contributed by atoms with Crippen molar-refractivity contribution in [1.82, 2.24) is 14.9 Å². The molecule has 0 saturated heterocycles. The van der Waals surface area contributed by atoms with Gasteiger partial charge in [0.1, 0.15) is 0 Å². The van der Waals surface area contributed by atoms with Crippen molar-refractivity contribution in [2.24, 2.45) is 5.10 Å². The third-order valence-corrected chi connectivity index (χ3v) is 3.83. The average Bonchev–Trinajstić information content (AvgIpc) is 2.94. The molecule has 0 saturated carbocycles. The number of aromatic nitrogens is 3. The second kappa shape index (κ2) is 6.81. The molecule has 25 heavy (non-hydrogen) atoms. The summed E-state index contributed by atoms with van der Waals surface area (Å²) in [4.78, 5) is 0. The lowest BCUT2D eigenvalue weighted by Gasteiger charge is -2.06. The molecule has 1 heterocycles. The van der Waals surface area contributed by atoms with Gasteiger partial charge in [0.25, 0.3) is 0 Å². The van der Waals surface area contributed by atoms with Crippen LogP contribution in [0.25, 0.3) is 11.4 Å². The van der Waals surface area contributed by atoms with E-state index in [1.54, 1.807) is 24.3 Å². The molecule has 0 aliphatic heterocycles. The van der Waals surface area contributed by atoms with E-state index >= 15 is 0 Å². The predicted octanol–water partition coefficient (Wildman–Crippen LogP) is 5.16. The van der Waals surface area contributed by atoms with Crippen molar-refractivity contribution in [1.29, 1.82) is 0 Å². The molecular formula is C16H10ClF3N4S. The van der Waals surface area contributed by atoms with Crippen LogP contribution in [0.4, 0.5) is 13.2 Å². The molecule has 0 fully saturated rings. The summed E-state index contributed by atoms with van der Waals surface area (Å²) in [5.74, 6) is 0.463. The minimum Gasteiger partial charge on any atom is -0.250 e. The molecular weight excluding hydrogens is 373 g/mol. The summed E-state index contributed by atoms with van der Waals surface area (Å²) in [6.45, 7) is 0. The van der Waals surface area contributed by atoms with Crippen molar-refractivity contribution in [3.05, 3.63) is 69.5 Å². The quantitative estimate of drug-likeness (QED) is 0.502. The molecule has 0 aliphatic rings. The van der Waals surface area contributed by atoms with Crippen LogP contribution in [0.2, 0.25) is 5.02 Å². The van der Waals surface area contributed by atoms with Gasteiger partial charge in [0.05, 0.1) is 11.8 Å². The summed E-state index contributed by atoms with van der Waals surface area (Å²) in [6.07, 6.45) is -2.96. The second-order valence-electron chi connectivity index (χ2n) is 5.04. The summed E-state index contributed by atoms with van der Waals surface area (Å²) in [5, 5.41) is 11.5. The van der Waals surface area contributed by atoms with Gasteiger partial charge in [0, 0.05) is 10.6 Å². The van der Waals surface area contributed by atoms with E-state index in [1.807, 2.05) is 0 Å². The van der Waals surface area contributed by atoms with E-state index in [2.05, 4.69) is 15.3 Å². The molecule has 3 aromatic rings. The number of benzene rings is 2. The fraction of sp³-hybridized carbons (Fsp3) is 0.0625. The zero-order valence-corrected chi connectivity index (χ0v) is 14.0. The summed E-state index contributed by atoms with van der Waals surface area (Å²) < 4.78 is 39.4. The van der Waals surface area contributed by atoms with Crippen molar-refractivity contribution in [3.8, 4) is 11.4 Å². The van der Waals surface area contributed by atoms with Crippen LogP contribution in [0, 0.1) is 4.77 Å². The van der Waals surface area contributed by atoms with Crippen molar-refractivity contribution in [2.45, 2.75) is 6.18 Å². The van der Waals surface area contributed by atoms with Gasteiger partial charge in [0.15, 0.2) is 5.82 Å². The molecule has 1 N–H and O–H groups in total. The van der Waals surface area contributed by atoms with Crippen molar-refractivity contribution < 1.29 is 13.2 Å². The largest absolute Gasteiger partial charge is 0.416 e. The lowest BCUT2D eigenvalue weighted by molar-refractivity contribution is -0.137. The maximum Gasteiger partial charge on any atom is 0.416 e. The molecule has 0 aliphatic carbocycles. The van der Waals surface area contributed by atoms with Crippen LogP contribution in [0.3, 0.4) is 0 Å². The molecule has 1 aromatic heterocycles. The Morgan fingerprint density at radius 3 is 2.32 bits per heavy atom. The summed E-state index contributed by atoms with van der Waals surface area (Å²) in [7, 11) is 0. The molecule has 0 atom stereocenters. The Kier molecular flexibility index (Phi) is 4.73. The number of halogens is 4. The van der Waals surface area contributed by atoms with Gasteiger partial charge in [-0.15, -0.1) is 0 Å². The number of aromatic amines is 1.